The van der Waals surface area contributed by atoms with Gasteiger partial charge in [-0.2, -0.15) is 0 Å². The minimum absolute atomic E-state index is 0.00509. The summed E-state index contributed by atoms with van der Waals surface area (Å²) in [6, 6.07) is 22.7. The van der Waals surface area contributed by atoms with Gasteiger partial charge in [0, 0.05) is 25.8 Å². The topological polar surface area (TPSA) is 119 Å². The van der Waals surface area contributed by atoms with Crippen molar-refractivity contribution in [2.24, 2.45) is 0 Å². The predicted octanol–water partition coefficient (Wildman–Crippen LogP) is 4.34. The molecule has 2 aromatic heterocycles. The molecule has 1 aliphatic rings. The Morgan fingerprint density at radius 1 is 1.03 bits per heavy atom. The number of para-hydroxylation sites is 1. The lowest BCUT2D eigenvalue weighted by atomic mass is 10.1. The molecule has 0 bridgehead atoms. The number of amides is 2. The molecule has 2 aromatic carbocycles. The molecule has 39 heavy (non-hydrogen) atoms. The highest BCUT2D eigenvalue weighted by atomic mass is 16.6. The van der Waals surface area contributed by atoms with Crippen molar-refractivity contribution < 1.29 is 14.3 Å². The monoisotopic (exact) mass is 525 g/mol. The number of pyridine rings is 1. The van der Waals surface area contributed by atoms with Crippen LogP contribution in [0.5, 0.6) is 0 Å². The third-order valence-corrected chi connectivity index (χ3v) is 6.72. The normalized spacial score (nSPS) is 15.2. The lowest BCUT2D eigenvalue weighted by Crippen LogP contribution is -2.55. The van der Waals surface area contributed by atoms with Gasteiger partial charge in [-0.15, -0.1) is 5.10 Å². The molecule has 3 N–H and O–H groups in total. The van der Waals surface area contributed by atoms with Gasteiger partial charge >= 0.3 is 6.09 Å². The van der Waals surface area contributed by atoms with Crippen LogP contribution in [-0.4, -0.2) is 57.3 Å². The van der Waals surface area contributed by atoms with E-state index in [1.54, 1.807) is 21.8 Å². The zero-order valence-electron chi connectivity index (χ0n) is 21.7. The number of anilines is 3. The quantitative estimate of drug-likeness (QED) is 0.368. The van der Waals surface area contributed by atoms with Crippen molar-refractivity contribution in [1.82, 2.24) is 19.7 Å². The highest BCUT2D eigenvalue weighted by molar-refractivity contribution is 6.04. The number of hydrogen-bond acceptors (Lipinski definition) is 7. The van der Waals surface area contributed by atoms with Crippen LogP contribution in [0.1, 0.15) is 29.3 Å². The van der Waals surface area contributed by atoms with Gasteiger partial charge in [0.1, 0.15) is 12.4 Å². The summed E-state index contributed by atoms with van der Waals surface area (Å²) >= 11 is 0. The first-order valence-electron chi connectivity index (χ1n) is 12.9. The molecule has 5 rings (SSSR count). The first-order valence-corrected chi connectivity index (χ1v) is 12.9. The highest BCUT2D eigenvalue weighted by Crippen LogP contribution is 2.22. The maximum atomic E-state index is 12.9. The van der Waals surface area contributed by atoms with E-state index in [0.29, 0.717) is 30.9 Å². The number of carbonyl (C=O) groups excluding carboxylic acids is 2. The van der Waals surface area contributed by atoms with Gasteiger partial charge < -0.3 is 25.6 Å². The third kappa shape index (κ3) is 6.01. The molecule has 0 radical (unpaired) electrons. The average molecular weight is 526 g/mol. The fourth-order valence-electron chi connectivity index (χ4n) is 4.54. The second-order valence-electron chi connectivity index (χ2n) is 9.31. The van der Waals surface area contributed by atoms with Crippen LogP contribution in [0.15, 0.2) is 85.2 Å². The Bertz CT molecular complexity index is 1410. The van der Waals surface area contributed by atoms with E-state index in [4.69, 9.17) is 10.5 Å². The molecule has 0 aliphatic carbocycles. The summed E-state index contributed by atoms with van der Waals surface area (Å²) in [6.07, 6.45) is 3.68. The van der Waals surface area contributed by atoms with Gasteiger partial charge in [-0.25, -0.2) is 14.5 Å². The van der Waals surface area contributed by atoms with Crippen molar-refractivity contribution in [1.29, 1.82) is 0 Å². The van der Waals surface area contributed by atoms with Crippen LogP contribution >= 0.6 is 0 Å². The lowest BCUT2D eigenvalue weighted by Gasteiger charge is -2.41. The second-order valence-corrected chi connectivity index (χ2v) is 9.31. The van der Waals surface area contributed by atoms with E-state index in [0.717, 1.165) is 23.5 Å². The Morgan fingerprint density at radius 3 is 2.46 bits per heavy atom. The van der Waals surface area contributed by atoms with Crippen molar-refractivity contribution in [2.75, 3.05) is 35.6 Å². The number of nitrogen functional groups attached to an aromatic ring is 1. The van der Waals surface area contributed by atoms with Crippen molar-refractivity contribution in [2.45, 2.75) is 26.0 Å². The van der Waals surface area contributed by atoms with Crippen molar-refractivity contribution >= 4 is 29.3 Å². The molecule has 10 heteroatoms. The lowest BCUT2D eigenvalue weighted by molar-refractivity contribution is 0.0751. The van der Waals surface area contributed by atoms with Gasteiger partial charge in [0.25, 0.3) is 5.91 Å². The van der Waals surface area contributed by atoms with E-state index < -0.39 is 0 Å². The van der Waals surface area contributed by atoms with Crippen LogP contribution in [0.3, 0.4) is 0 Å². The molecule has 200 valence electrons. The van der Waals surface area contributed by atoms with Crippen LogP contribution in [0.4, 0.5) is 22.1 Å². The summed E-state index contributed by atoms with van der Waals surface area (Å²) in [5.41, 5.74) is 8.63. The molecule has 0 unspecified atom stereocenters. The molecular formula is C29H31N7O3. The Morgan fingerprint density at radius 2 is 1.77 bits per heavy atom. The van der Waals surface area contributed by atoms with Crippen LogP contribution in [-0.2, 0) is 11.3 Å². The van der Waals surface area contributed by atoms with Gasteiger partial charge in [-0.3, -0.25) is 4.79 Å². The number of rotatable bonds is 7. The molecule has 3 heterocycles. The first-order chi connectivity index (χ1) is 19.0. The number of nitrogens with zero attached hydrogens (tertiary/aromatic N) is 5. The molecule has 0 spiro atoms. The van der Waals surface area contributed by atoms with Gasteiger partial charge in [-0.05, 0) is 36.2 Å². The second kappa shape index (κ2) is 11.7. The summed E-state index contributed by atoms with van der Waals surface area (Å²) in [5.74, 6) is 0.681. The standard InChI is InChI=1S/C29H31N7O3/c1-2-23-18-34(15-16-35(23)29(38)39-20-21-9-5-3-6-10-21)26-14-13-22(17-31-26)28(37)32-27-25(30)19-36(33-27)24-11-7-4-8-12-24/h3-14,17,19,23H,2,15-16,18,20,30H2,1H3,(H,32,33,37)/t23-/m0/s1. The van der Waals surface area contributed by atoms with Crippen LogP contribution in [0, 0.1) is 0 Å². The van der Waals surface area contributed by atoms with Crippen LogP contribution in [0.25, 0.3) is 5.69 Å². The maximum Gasteiger partial charge on any atom is 0.410 e. The highest BCUT2D eigenvalue weighted by Gasteiger charge is 2.31. The fraction of sp³-hybridized carbons (Fsp3) is 0.241. The zero-order chi connectivity index (χ0) is 27.2. The Labute approximate surface area is 227 Å². The minimum Gasteiger partial charge on any atom is -0.445 e. The molecule has 1 saturated heterocycles. The number of aromatic nitrogens is 3. The number of carbonyl (C=O) groups is 2. The smallest absolute Gasteiger partial charge is 0.410 e. The summed E-state index contributed by atoms with van der Waals surface area (Å²) in [4.78, 5) is 34.1. The molecule has 4 aromatic rings. The average Bonchev–Trinajstić information content (AvgIpc) is 3.36. The fourth-order valence-corrected chi connectivity index (χ4v) is 4.54. The number of benzene rings is 2. The van der Waals surface area contributed by atoms with Gasteiger partial charge in [0.2, 0.25) is 0 Å². The predicted molar refractivity (Wildman–Crippen MR) is 150 cm³/mol. The summed E-state index contributed by atoms with van der Waals surface area (Å²) < 4.78 is 7.18. The Hall–Kier alpha value is -4.86. The molecule has 10 nitrogen and oxygen atoms in total. The molecule has 1 fully saturated rings. The van der Waals surface area contributed by atoms with Crippen molar-refractivity contribution in [3.05, 3.63) is 96.3 Å². The minimum atomic E-state index is -0.350. The molecular weight excluding hydrogens is 494 g/mol. The van der Waals surface area contributed by atoms with Gasteiger partial charge in [0.15, 0.2) is 5.82 Å². The number of ether oxygens (including phenoxy) is 1. The van der Waals surface area contributed by atoms with E-state index in [1.165, 1.54) is 6.20 Å². The SMILES string of the molecule is CC[C@H]1CN(c2ccc(C(=O)Nc3nn(-c4ccccc4)cc3N)cn2)CCN1C(=O)OCc1ccccc1. The largest absolute Gasteiger partial charge is 0.445 e. The Balaban J connectivity index is 1.18. The van der Waals surface area contributed by atoms with Crippen LogP contribution in [0.2, 0.25) is 0 Å². The van der Waals surface area contributed by atoms with E-state index >= 15 is 0 Å². The van der Waals surface area contributed by atoms with Gasteiger partial charge in [-0.1, -0.05) is 55.5 Å². The first kappa shape index (κ1) is 25.8. The summed E-state index contributed by atoms with van der Waals surface area (Å²) in [6.45, 7) is 4.07. The molecule has 2 amide bonds. The van der Waals surface area contributed by atoms with Crippen molar-refractivity contribution in [3.63, 3.8) is 0 Å². The molecule has 1 atom stereocenters. The third-order valence-electron chi connectivity index (χ3n) is 6.72. The molecule has 0 saturated carbocycles. The number of piperazine rings is 1. The molecule has 1 aliphatic heterocycles. The summed E-state index contributed by atoms with van der Waals surface area (Å²) in [7, 11) is 0. The van der Waals surface area contributed by atoms with Crippen molar-refractivity contribution in [3.8, 4) is 5.69 Å². The maximum absolute atomic E-state index is 12.9. The van der Waals surface area contributed by atoms with E-state index in [9.17, 15) is 9.59 Å². The number of hydrogen-bond donors (Lipinski definition) is 2. The van der Waals surface area contributed by atoms with E-state index in [-0.39, 0.29) is 30.5 Å². The summed E-state index contributed by atoms with van der Waals surface area (Å²) in [5, 5.41) is 7.16. The number of nitrogens with two attached hydrogens (primary N) is 1. The Kier molecular flexibility index (Phi) is 7.72. The zero-order valence-corrected chi connectivity index (χ0v) is 21.7. The van der Waals surface area contributed by atoms with Gasteiger partial charge in [0.05, 0.1) is 29.2 Å². The van der Waals surface area contributed by atoms with E-state index in [2.05, 4.69) is 27.2 Å². The number of nitrogens with one attached hydrogen (secondary N) is 1. The van der Waals surface area contributed by atoms with E-state index in [1.807, 2.05) is 66.7 Å². The van der Waals surface area contributed by atoms with Crippen LogP contribution < -0.4 is 16.0 Å².